The molecule has 0 saturated heterocycles. The van der Waals surface area contributed by atoms with Gasteiger partial charge in [-0.15, -0.1) is 0 Å². The van der Waals surface area contributed by atoms with Crippen molar-refractivity contribution >= 4 is 46.7 Å². The van der Waals surface area contributed by atoms with Crippen LogP contribution in [-0.2, 0) is 11.3 Å². The van der Waals surface area contributed by atoms with Crippen LogP contribution in [0.1, 0.15) is 32.8 Å². The Labute approximate surface area is 190 Å². The highest BCUT2D eigenvalue weighted by molar-refractivity contribution is 6.39. The van der Waals surface area contributed by atoms with E-state index in [1.54, 1.807) is 6.07 Å². The first-order valence-corrected chi connectivity index (χ1v) is 10.7. The van der Waals surface area contributed by atoms with Gasteiger partial charge < -0.3 is 14.2 Å². The number of pyridine rings is 1. The molecule has 1 amide bonds. The van der Waals surface area contributed by atoms with Gasteiger partial charge >= 0.3 is 6.09 Å². The average molecular weight is 474 g/mol. The van der Waals surface area contributed by atoms with Gasteiger partial charge in [0.15, 0.2) is 16.7 Å². The van der Waals surface area contributed by atoms with E-state index >= 15 is 0 Å². The summed E-state index contributed by atoms with van der Waals surface area (Å²) in [6.45, 7) is 7.28. The molecule has 1 aromatic heterocycles. The largest absolute Gasteiger partial charge is 0.492 e. The van der Waals surface area contributed by atoms with Crippen LogP contribution in [0.2, 0.25) is 15.2 Å². The van der Waals surface area contributed by atoms with Gasteiger partial charge in [0.25, 0.3) is 0 Å². The van der Waals surface area contributed by atoms with Crippen molar-refractivity contribution in [3.63, 3.8) is 0 Å². The standard InChI is InChI=1S/C21H23Cl3N2O4/c1-10(2)7-11(3)8-29-14-6-5-12-13(16(14)22)9-30-18-15(12)17(23)20(25-19(18)24)26-21(27)28-4/h5-6,10-11H,7-9H2,1-4H3,(H,25,26,27)/t11-/m1/s1. The minimum atomic E-state index is -0.713. The third-order valence-electron chi connectivity index (χ3n) is 4.69. The normalized spacial score (nSPS) is 13.2. The molecule has 1 atom stereocenters. The van der Waals surface area contributed by atoms with E-state index in [9.17, 15) is 4.79 Å². The lowest BCUT2D eigenvalue weighted by Gasteiger charge is -2.25. The zero-order valence-corrected chi connectivity index (χ0v) is 19.4. The summed E-state index contributed by atoms with van der Waals surface area (Å²) in [4.78, 5) is 15.7. The predicted molar refractivity (Wildman–Crippen MR) is 119 cm³/mol. The third-order valence-corrected chi connectivity index (χ3v) is 5.73. The quantitative estimate of drug-likeness (QED) is 0.465. The van der Waals surface area contributed by atoms with Crippen LogP contribution in [0.15, 0.2) is 12.1 Å². The minimum absolute atomic E-state index is 0.0719. The molecule has 0 saturated carbocycles. The molecule has 0 bridgehead atoms. The second-order valence-corrected chi connectivity index (χ2v) is 8.74. The van der Waals surface area contributed by atoms with E-state index in [2.05, 4.69) is 35.8 Å². The van der Waals surface area contributed by atoms with Crippen molar-refractivity contribution in [2.45, 2.75) is 33.8 Å². The predicted octanol–water partition coefficient (Wildman–Crippen LogP) is 6.84. The molecule has 162 valence electrons. The van der Waals surface area contributed by atoms with Gasteiger partial charge in [0, 0.05) is 11.1 Å². The van der Waals surface area contributed by atoms with E-state index in [1.807, 2.05) is 6.07 Å². The van der Waals surface area contributed by atoms with Crippen molar-refractivity contribution in [2.24, 2.45) is 11.8 Å². The molecular weight excluding hydrogens is 451 g/mol. The van der Waals surface area contributed by atoms with Crippen LogP contribution in [-0.4, -0.2) is 24.8 Å². The van der Waals surface area contributed by atoms with Gasteiger partial charge in [0.05, 0.1) is 23.8 Å². The van der Waals surface area contributed by atoms with Crippen LogP contribution in [0.5, 0.6) is 11.5 Å². The van der Waals surface area contributed by atoms with Crippen LogP contribution >= 0.6 is 34.8 Å². The highest BCUT2D eigenvalue weighted by Crippen LogP contribution is 2.50. The fraction of sp³-hybridized carbons (Fsp3) is 0.429. The number of halogens is 3. The van der Waals surface area contributed by atoms with E-state index in [-0.39, 0.29) is 22.6 Å². The number of hydrogen-bond acceptors (Lipinski definition) is 5. The summed E-state index contributed by atoms with van der Waals surface area (Å²) in [5.74, 6) is 1.99. The van der Waals surface area contributed by atoms with Crippen LogP contribution < -0.4 is 14.8 Å². The Balaban J connectivity index is 1.96. The summed E-state index contributed by atoms with van der Waals surface area (Å²) < 4.78 is 16.4. The fourth-order valence-electron chi connectivity index (χ4n) is 3.46. The van der Waals surface area contributed by atoms with Crippen molar-refractivity contribution in [3.8, 4) is 22.6 Å². The molecule has 0 unspecified atom stereocenters. The van der Waals surface area contributed by atoms with Gasteiger partial charge in [-0.2, -0.15) is 0 Å². The molecule has 6 nitrogen and oxygen atoms in total. The molecule has 2 heterocycles. The number of anilines is 1. The summed E-state index contributed by atoms with van der Waals surface area (Å²) in [7, 11) is 1.24. The lowest BCUT2D eigenvalue weighted by Crippen LogP contribution is -2.15. The van der Waals surface area contributed by atoms with Gasteiger partial charge in [-0.25, -0.2) is 9.78 Å². The van der Waals surface area contributed by atoms with E-state index in [0.717, 1.165) is 17.5 Å². The van der Waals surface area contributed by atoms with Crippen molar-refractivity contribution < 1.29 is 19.0 Å². The lowest BCUT2D eigenvalue weighted by atomic mass is 9.97. The summed E-state index contributed by atoms with van der Waals surface area (Å²) in [6.07, 6.45) is 0.352. The molecular formula is C21H23Cl3N2O4. The maximum atomic E-state index is 11.6. The number of methoxy groups -OCH3 is 1. The topological polar surface area (TPSA) is 69.7 Å². The second-order valence-electron chi connectivity index (χ2n) is 7.62. The van der Waals surface area contributed by atoms with Crippen LogP contribution in [0.3, 0.4) is 0 Å². The van der Waals surface area contributed by atoms with Gasteiger partial charge in [0.1, 0.15) is 12.4 Å². The van der Waals surface area contributed by atoms with Crippen molar-refractivity contribution in [2.75, 3.05) is 19.0 Å². The number of carbonyl (C=O) groups is 1. The highest BCUT2D eigenvalue weighted by Gasteiger charge is 2.29. The van der Waals surface area contributed by atoms with Gasteiger partial charge in [-0.05, 0) is 36.0 Å². The van der Waals surface area contributed by atoms with E-state index in [1.165, 1.54) is 7.11 Å². The molecule has 1 aromatic carbocycles. The number of rotatable bonds is 6. The molecule has 0 aliphatic carbocycles. The van der Waals surface area contributed by atoms with Crippen LogP contribution in [0, 0.1) is 11.8 Å². The SMILES string of the molecule is COC(=O)Nc1nc(Cl)c2c(c1Cl)-c1ccc(OC[C@H](C)CC(C)C)c(Cl)c1CO2. The van der Waals surface area contributed by atoms with Crippen molar-refractivity contribution in [1.29, 1.82) is 0 Å². The number of benzene rings is 1. The van der Waals surface area contributed by atoms with E-state index < -0.39 is 6.09 Å². The molecule has 30 heavy (non-hydrogen) atoms. The average Bonchev–Trinajstić information content (AvgIpc) is 2.70. The molecule has 1 aliphatic heterocycles. The Hall–Kier alpha value is -1.89. The number of fused-ring (bicyclic) bond motifs is 3. The van der Waals surface area contributed by atoms with Crippen molar-refractivity contribution in [1.82, 2.24) is 4.98 Å². The first-order valence-electron chi connectivity index (χ1n) is 9.54. The Morgan fingerprint density at radius 3 is 2.63 bits per heavy atom. The van der Waals surface area contributed by atoms with Gasteiger partial charge in [0.2, 0.25) is 0 Å². The third kappa shape index (κ3) is 4.71. The molecule has 0 spiro atoms. The first kappa shape index (κ1) is 22.8. The Kier molecular flexibility index (Phi) is 7.22. The molecule has 3 rings (SSSR count). The maximum Gasteiger partial charge on any atom is 0.412 e. The van der Waals surface area contributed by atoms with Gasteiger partial charge in [-0.3, -0.25) is 5.32 Å². The second kappa shape index (κ2) is 9.50. The smallest absolute Gasteiger partial charge is 0.412 e. The number of aromatic nitrogens is 1. The zero-order chi connectivity index (χ0) is 22.0. The monoisotopic (exact) mass is 472 g/mol. The summed E-state index contributed by atoms with van der Waals surface area (Å²) >= 11 is 19.4. The molecule has 1 N–H and O–H groups in total. The highest BCUT2D eigenvalue weighted by atomic mass is 35.5. The summed E-state index contributed by atoms with van der Waals surface area (Å²) in [5, 5.41) is 3.16. The number of amides is 1. The van der Waals surface area contributed by atoms with Crippen LogP contribution in [0.4, 0.5) is 10.6 Å². The van der Waals surface area contributed by atoms with Crippen molar-refractivity contribution in [3.05, 3.63) is 32.9 Å². The number of carbonyl (C=O) groups excluding carboxylic acids is 1. The summed E-state index contributed by atoms with van der Waals surface area (Å²) in [5.41, 5.74) is 1.98. The maximum absolute atomic E-state index is 11.6. The lowest BCUT2D eigenvalue weighted by molar-refractivity contribution is 0.187. The number of nitrogens with one attached hydrogen (secondary N) is 1. The zero-order valence-electron chi connectivity index (χ0n) is 17.1. The Morgan fingerprint density at radius 1 is 1.23 bits per heavy atom. The molecule has 9 heteroatoms. The number of hydrogen-bond donors (Lipinski definition) is 1. The Morgan fingerprint density at radius 2 is 1.97 bits per heavy atom. The minimum Gasteiger partial charge on any atom is -0.492 e. The van der Waals surface area contributed by atoms with Crippen LogP contribution in [0.25, 0.3) is 11.1 Å². The fourth-order valence-corrected chi connectivity index (χ4v) is 4.24. The van der Waals surface area contributed by atoms with E-state index in [4.69, 9.17) is 44.3 Å². The number of nitrogens with zero attached hydrogens (tertiary/aromatic N) is 1. The van der Waals surface area contributed by atoms with Gasteiger partial charge in [-0.1, -0.05) is 55.6 Å². The summed E-state index contributed by atoms with van der Waals surface area (Å²) in [6, 6.07) is 3.66. The molecule has 0 radical (unpaired) electrons. The van der Waals surface area contributed by atoms with E-state index in [0.29, 0.717) is 40.5 Å². The molecule has 2 aromatic rings. The number of ether oxygens (including phenoxy) is 3. The molecule has 0 fully saturated rings. The molecule has 1 aliphatic rings. The first-order chi connectivity index (χ1) is 14.2. The Bertz CT molecular complexity index is 966.